The summed E-state index contributed by atoms with van der Waals surface area (Å²) >= 11 is 12.4. The van der Waals surface area contributed by atoms with Gasteiger partial charge in [-0.3, -0.25) is 13.9 Å². The summed E-state index contributed by atoms with van der Waals surface area (Å²) in [5.41, 5.74) is 1.79. The second-order valence-corrected chi connectivity index (χ2v) is 11.9. The Labute approximate surface area is 250 Å². The van der Waals surface area contributed by atoms with Crippen LogP contribution in [0.3, 0.4) is 0 Å². The van der Waals surface area contributed by atoms with Crippen LogP contribution >= 0.6 is 23.2 Å². The van der Waals surface area contributed by atoms with Crippen LogP contribution in [-0.4, -0.2) is 44.8 Å². The van der Waals surface area contributed by atoms with Crippen molar-refractivity contribution in [2.75, 3.05) is 17.9 Å². The molecule has 212 valence electrons. The van der Waals surface area contributed by atoms with E-state index >= 15 is 0 Å². The third-order valence-corrected chi connectivity index (χ3v) is 9.04. The number of amides is 2. The summed E-state index contributed by atoms with van der Waals surface area (Å²) in [5, 5.41) is 3.31. The van der Waals surface area contributed by atoms with Crippen LogP contribution in [0.25, 0.3) is 0 Å². The lowest BCUT2D eigenvalue weighted by atomic mass is 10.0. The predicted octanol–water partition coefficient (Wildman–Crippen LogP) is 5.57. The highest BCUT2D eigenvalue weighted by Crippen LogP contribution is 2.26. The van der Waals surface area contributed by atoms with Crippen molar-refractivity contribution in [2.24, 2.45) is 0 Å². The average Bonchev–Trinajstić information content (AvgIpc) is 3.00. The van der Waals surface area contributed by atoms with E-state index < -0.39 is 28.5 Å². The third kappa shape index (κ3) is 7.47. The van der Waals surface area contributed by atoms with Gasteiger partial charge in [-0.25, -0.2) is 8.42 Å². The standard InChI is InChI=1S/C31H29Cl2N3O4S/c1-34-31(38)29(20-23-11-5-2-6-12-23)35(21-24-17-18-27(32)28(33)19-24)30(37)22-36(25-13-7-3-8-14-25)41(39,40)26-15-9-4-10-16-26/h2-19,29H,20-22H2,1H3,(H,34,38)/t29-/m1/s1. The van der Waals surface area contributed by atoms with Gasteiger partial charge in [0.25, 0.3) is 10.0 Å². The number of carbonyl (C=O) groups excluding carboxylic acids is 2. The fourth-order valence-corrected chi connectivity index (χ4v) is 6.15. The number of benzene rings is 4. The summed E-state index contributed by atoms with van der Waals surface area (Å²) in [5.74, 6) is -0.955. The molecule has 10 heteroatoms. The summed E-state index contributed by atoms with van der Waals surface area (Å²) < 4.78 is 28.7. The number of rotatable bonds is 11. The largest absolute Gasteiger partial charge is 0.357 e. The molecule has 4 rings (SSSR count). The quantitative estimate of drug-likeness (QED) is 0.241. The van der Waals surface area contributed by atoms with Gasteiger partial charge in [-0.1, -0.05) is 96.0 Å². The Morgan fingerprint density at radius 2 is 1.37 bits per heavy atom. The Hall–Kier alpha value is -3.85. The van der Waals surface area contributed by atoms with E-state index in [1.54, 1.807) is 66.7 Å². The minimum absolute atomic E-state index is 0.00530. The number of para-hydroxylation sites is 1. The molecule has 1 atom stereocenters. The van der Waals surface area contributed by atoms with Crippen molar-refractivity contribution < 1.29 is 18.0 Å². The summed E-state index contributed by atoms with van der Waals surface area (Å²) in [6, 6.07) is 29.6. The van der Waals surface area contributed by atoms with Gasteiger partial charge in [0.1, 0.15) is 12.6 Å². The van der Waals surface area contributed by atoms with Gasteiger partial charge in [-0.05, 0) is 47.5 Å². The SMILES string of the molecule is CNC(=O)[C@@H](Cc1ccccc1)N(Cc1ccc(Cl)c(Cl)c1)C(=O)CN(c1ccccc1)S(=O)(=O)c1ccccc1. The summed E-state index contributed by atoms with van der Waals surface area (Å²) in [4.78, 5) is 28.9. The molecular weight excluding hydrogens is 581 g/mol. The molecule has 1 N–H and O–H groups in total. The van der Waals surface area contributed by atoms with Gasteiger partial charge in [0.05, 0.1) is 20.6 Å². The van der Waals surface area contributed by atoms with E-state index in [1.807, 2.05) is 30.3 Å². The molecule has 0 heterocycles. The highest BCUT2D eigenvalue weighted by atomic mass is 35.5. The predicted molar refractivity (Wildman–Crippen MR) is 162 cm³/mol. The monoisotopic (exact) mass is 609 g/mol. The van der Waals surface area contributed by atoms with Crippen LogP contribution in [0.4, 0.5) is 5.69 Å². The van der Waals surface area contributed by atoms with Crippen LogP contribution in [0.1, 0.15) is 11.1 Å². The van der Waals surface area contributed by atoms with E-state index in [0.717, 1.165) is 9.87 Å². The number of anilines is 1. The maximum Gasteiger partial charge on any atom is 0.264 e. The number of nitrogens with one attached hydrogen (secondary N) is 1. The fourth-order valence-electron chi connectivity index (χ4n) is 4.40. The lowest BCUT2D eigenvalue weighted by Gasteiger charge is -2.33. The maximum absolute atomic E-state index is 14.2. The smallest absolute Gasteiger partial charge is 0.264 e. The Kier molecular flexibility index (Phi) is 10.0. The van der Waals surface area contributed by atoms with Crippen molar-refractivity contribution in [3.63, 3.8) is 0 Å². The molecule has 4 aromatic rings. The molecule has 0 unspecified atom stereocenters. The number of carbonyl (C=O) groups is 2. The minimum Gasteiger partial charge on any atom is -0.357 e. The first-order chi connectivity index (χ1) is 19.7. The normalized spacial score (nSPS) is 11.9. The van der Waals surface area contributed by atoms with E-state index in [4.69, 9.17) is 23.2 Å². The number of hydrogen-bond acceptors (Lipinski definition) is 4. The van der Waals surface area contributed by atoms with Gasteiger partial charge in [-0.15, -0.1) is 0 Å². The van der Waals surface area contributed by atoms with E-state index in [2.05, 4.69) is 5.32 Å². The Morgan fingerprint density at radius 3 is 1.95 bits per heavy atom. The number of sulfonamides is 1. The van der Waals surface area contributed by atoms with Gasteiger partial charge in [0, 0.05) is 20.0 Å². The molecule has 0 aliphatic heterocycles. The lowest BCUT2D eigenvalue weighted by molar-refractivity contribution is -0.139. The van der Waals surface area contributed by atoms with Gasteiger partial charge >= 0.3 is 0 Å². The van der Waals surface area contributed by atoms with Crippen molar-refractivity contribution in [3.05, 3.63) is 130 Å². The first kappa shape index (κ1) is 30.1. The number of hydrogen-bond donors (Lipinski definition) is 1. The number of halogens is 2. The zero-order valence-corrected chi connectivity index (χ0v) is 24.6. The van der Waals surface area contributed by atoms with Gasteiger partial charge < -0.3 is 10.2 Å². The number of likely N-dealkylation sites (N-methyl/N-ethyl adjacent to an activating group) is 1. The summed E-state index contributed by atoms with van der Waals surface area (Å²) in [6.07, 6.45) is 0.213. The molecule has 7 nitrogen and oxygen atoms in total. The van der Waals surface area contributed by atoms with Crippen molar-refractivity contribution >= 4 is 50.7 Å². The number of nitrogens with zero attached hydrogens (tertiary/aromatic N) is 2. The van der Waals surface area contributed by atoms with Crippen molar-refractivity contribution in [2.45, 2.75) is 23.9 Å². The third-order valence-electron chi connectivity index (χ3n) is 6.51. The summed E-state index contributed by atoms with van der Waals surface area (Å²) in [7, 11) is -2.63. The molecule has 41 heavy (non-hydrogen) atoms. The topological polar surface area (TPSA) is 86.8 Å². The zero-order valence-electron chi connectivity index (χ0n) is 22.3. The first-order valence-corrected chi connectivity index (χ1v) is 15.0. The molecule has 0 bridgehead atoms. The zero-order chi connectivity index (χ0) is 29.4. The second-order valence-electron chi connectivity index (χ2n) is 9.25. The highest BCUT2D eigenvalue weighted by Gasteiger charge is 2.34. The molecule has 2 amide bonds. The fraction of sp³-hybridized carbons (Fsp3) is 0.161. The van der Waals surface area contributed by atoms with Crippen LogP contribution in [0, 0.1) is 0 Å². The van der Waals surface area contributed by atoms with Crippen molar-refractivity contribution in [1.82, 2.24) is 10.2 Å². The Morgan fingerprint density at radius 1 is 0.780 bits per heavy atom. The van der Waals surface area contributed by atoms with E-state index in [9.17, 15) is 18.0 Å². The average molecular weight is 611 g/mol. The molecule has 0 aromatic heterocycles. The molecule has 0 aliphatic carbocycles. The molecule has 0 aliphatic rings. The van der Waals surface area contributed by atoms with Crippen molar-refractivity contribution in [3.8, 4) is 0 Å². The van der Waals surface area contributed by atoms with Gasteiger partial charge in [-0.2, -0.15) is 0 Å². The molecule has 0 radical (unpaired) electrons. The molecular formula is C31H29Cl2N3O4S. The first-order valence-electron chi connectivity index (χ1n) is 12.8. The van der Waals surface area contributed by atoms with Crippen LogP contribution in [-0.2, 0) is 32.6 Å². The maximum atomic E-state index is 14.2. The van der Waals surface area contributed by atoms with Gasteiger partial charge in [0.2, 0.25) is 11.8 Å². The van der Waals surface area contributed by atoms with Crippen LogP contribution in [0.5, 0.6) is 0 Å². The second kappa shape index (κ2) is 13.7. The van der Waals surface area contributed by atoms with Crippen LogP contribution in [0.15, 0.2) is 114 Å². The Balaban J connectivity index is 1.77. The molecule has 0 saturated heterocycles. The molecule has 0 spiro atoms. The van der Waals surface area contributed by atoms with Gasteiger partial charge in [0.15, 0.2) is 0 Å². The molecule has 0 fully saturated rings. The Bertz CT molecular complexity index is 1590. The van der Waals surface area contributed by atoms with E-state index in [0.29, 0.717) is 21.3 Å². The van der Waals surface area contributed by atoms with Crippen molar-refractivity contribution in [1.29, 1.82) is 0 Å². The van der Waals surface area contributed by atoms with E-state index in [-0.39, 0.29) is 23.8 Å². The molecule has 0 saturated carbocycles. The molecule has 4 aromatic carbocycles. The minimum atomic E-state index is -4.13. The van der Waals surface area contributed by atoms with Crippen LogP contribution < -0.4 is 9.62 Å². The lowest BCUT2D eigenvalue weighted by Crippen LogP contribution is -2.53. The van der Waals surface area contributed by atoms with Crippen LogP contribution in [0.2, 0.25) is 10.0 Å². The highest BCUT2D eigenvalue weighted by molar-refractivity contribution is 7.92. The summed E-state index contributed by atoms with van der Waals surface area (Å²) in [6.45, 7) is -0.542. The van der Waals surface area contributed by atoms with E-state index in [1.165, 1.54) is 24.1 Å².